The second-order valence-electron chi connectivity index (χ2n) is 9.15. The molecule has 0 aliphatic rings. The molecule has 1 N–H and O–H groups in total. The fourth-order valence-corrected chi connectivity index (χ4v) is 5.20. The van der Waals surface area contributed by atoms with E-state index in [2.05, 4.69) is 5.32 Å². The Morgan fingerprint density at radius 1 is 0.872 bits per heavy atom. The molecular weight excluding hydrogens is 528 g/mol. The van der Waals surface area contributed by atoms with Crippen LogP contribution in [0.5, 0.6) is 5.75 Å². The van der Waals surface area contributed by atoms with Crippen molar-refractivity contribution in [2.45, 2.75) is 44.3 Å². The fraction of sp³-hybridized carbons (Fsp3) is 0.286. The number of hydrogen-bond acceptors (Lipinski definition) is 5. The van der Waals surface area contributed by atoms with Gasteiger partial charge >= 0.3 is 0 Å². The second-order valence-corrected chi connectivity index (χ2v) is 11.0. The Labute approximate surface area is 227 Å². The lowest BCUT2D eigenvalue weighted by Crippen LogP contribution is -2.52. The van der Waals surface area contributed by atoms with Crippen LogP contribution in [0.15, 0.2) is 77.7 Å². The van der Waals surface area contributed by atoms with E-state index in [0.29, 0.717) is 11.3 Å². The number of carbonyl (C=O) groups excluding carboxylic acids is 2. The largest absolute Gasteiger partial charge is 0.497 e. The lowest BCUT2D eigenvalue weighted by Gasteiger charge is -2.32. The normalized spacial score (nSPS) is 12.1. The molecule has 1 atom stereocenters. The lowest BCUT2D eigenvalue weighted by molar-refractivity contribution is -0.139. The van der Waals surface area contributed by atoms with E-state index >= 15 is 0 Å². The highest BCUT2D eigenvalue weighted by atomic mass is 32.2. The molecule has 0 fully saturated rings. The van der Waals surface area contributed by atoms with Crippen molar-refractivity contribution in [3.63, 3.8) is 0 Å². The van der Waals surface area contributed by atoms with Crippen molar-refractivity contribution in [3.05, 3.63) is 90.0 Å². The molecule has 0 aliphatic heterocycles. The van der Waals surface area contributed by atoms with E-state index in [1.807, 2.05) is 0 Å². The zero-order chi connectivity index (χ0) is 28.7. The van der Waals surface area contributed by atoms with Crippen molar-refractivity contribution < 1.29 is 31.5 Å². The number of amides is 2. The predicted molar refractivity (Wildman–Crippen MR) is 144 cm³/mol. The van der Waals surface area contributed by atoms with Crippen molar-refractivity contribution in [1.29, 1.82) is 0 Å². The first-order valence-electron chi connectivity index (χ1n) is 12.2. The van der Waals surface area contributed by atoms with Gasteiger partial charge in [-0.2, -0.15) is 0 Å². The molecule has 0 heterocycles. The molecule has 0 spiro atoms. The summed E-state index contributed by atoms with van der Waals surface area (Å²) in [6.45, 7) is 4.31. The first kappa shape index (κ1) is 29.6. The molecule has 0 unspecified atom stereocenters. The maximum atomic E-state index is 13.7. The minimum absolute atomic E-state index is 0.0570. The van der Waals surface area contributed by atoms with Crippen LogP contribution in [0.3, 0.4) is 0 Å². The average Bonchev–Trinajstić information content (AvgIpc) is 2.91. The molecule has 0 saturated heterocycles. The number of halogens is 2. The van der Waals surface area contributed by atoms with Crippen LogP contribution >= 0.6 is 0 Å². The van der Waals surface area contributed by atoms with E-state index < -0.39 is 46.1 Å². The van der Waals surface area contributed by atoms with Crippen LogP contribution < -0.4 is 14.4 Å². The van der Waals surface area contributed by atoms with Gasteiger partial charge in [-0.05, 0) is 87.0 Å². The van der Waals surface area contributed by atoms with Crippen LogP contribution in [0.1, 0.15) is 26.3 Å². The van der Waals surface area contributed by atoms with Gasteiger partial charge in [0, 0.05) is 12.6 Å². The van der Waals surface area contributed by atoms with Crippen LogP contribution in [-0.2, 0) is 26.2 Å². The third kappa shape index (κ3) is 7.53. The summed E-state index contributed by atoms with van der Waals surface area (Å²) in [6, 6.07) is 14.5. The highest BCUT2D eigenvalue weighted by Crippen LogP contribution is 2.26. The van der Waals surface area contributed by atoms with Gasteiger partial charge in [-0.3, -0.25) is 13.9 Å². The summed E-state index contributed by atoms with van der Waals surface area (Å²) in [4.78, 5) is 27.7. The second kappa shape index (κ2) is 12.7. The molecule has 0 aromatic heterocycles. The summed E-state index contributed by atoms with van der Waals surface area (Å²) in [6.07, 6.45) is 0. The summed E-state index contributed by atoms with van der Waals surface area (Å²) >= 11 is 0. The predicted octanol–water partition coefficient (Wildman–Crippen LogP) is 4.11. The Kier molecular flexibility index (Phi) is 9.63. The quantitative estimate of drug-likeness (QED) is 0.382. The molecule has 3 aromatic rings. The summed E-state index contributed by atoms with van der Waals surface area (Å²) < 4.78 is 60.6. The fourth-order valence-electron chi connectivity index (χ4n) is 3.79. The smallest absolute Gasteiger partial charge is 0.264 e. The van der Waals surface area contributed by atoms with E-state index in [1.54, 1.807) is 13.8 Å². The van der Waals surface area contributed by atoms with Gasteiger partial charge in [0.2, 0.25) is 11.8 Å². The van der Waals surface area contributed by atoms with Crippen molar-refractivity contribution in [1.82, 2.24) is 10.2 Å². The molecule has 39 heavy (non-hydrogen) atoms. The standard InChI is InChI=1S/C28H31F2N3O5S/c1-19(2)31-28(35)20(3)32(17-21-5-7-22(29)8-6-21)27(34)18-33(24-11-9-23(30)10-12-24)39(36,37)26-15-13-25(38-4)14-16-26/h5-16,19-20H,17-18H2,1-4H3,(H,31,35)/t20-/m0/s1. The highest BCUT2D eigenvalue weighted by molar-refractivity contribution is 7.92. The Morgan fingerprint density at radius 3 is 1.92 bits per heavy atom. The van der Waals surface area contributed by atoms with Gasteiger partial charge in [0.25, 0.3) is 10.0 Å². The van der Waals surface area contributed by atoms with Gasteiger partial charge in [-0.15, -0.1) is 0 Å². The monoisotopic (exact) mass is 559 g/mol. The summed E-state index contributed by atoms with van der Waals surface area (Å²) in [5, 5.41) is 2.75. The van der Waals surface area contributed by atoms with E-state index in [0.717, 1.165) is 16.4 Å². The molecule has 8 nitrogen and oxygen atoms in total. The maximum absolute atomic E-state index is 13.7. The van der Waals surface area contributed by atoms with Gasteiger partial charge in [0.15, 0.2) is 0 Å². The maximum Gasteiger partial charge on any atom is 0.264 e. The number of anilines is 1. The molecule has 3 aromatic carbocycles. The Balaban J connectivity index is 2.02. The summed E-state index contributed by atoms with van der Waals surface area (Å²) in [5.74, 6) is -1.73. The molecule has 0 saturated carbocycles. The van der Waals surface area contributed by atoms with Crippen LogP contribution in [0, 0.1) is 11.6 Å². The zero-order valence-electron chi connectivity index (χ0n) is 22.1. The molecular formula is C28H31F2N3O5S. The number of rotatable bonds is 11. The minimum Gasteiger partial charge on any atom is -0.497 e. The Morgan fingerprint density at radius 2 is 1.41 bits per heavy atom. The average molecular weight is 560 g/mol. The van der Waals surface area contributed by atoms with Crippen molar-refractivity contribution >= 4 is 27.5 Å². The molecule has 2 amide bonds. The van der Waals surface area contributed by atoms with Crippen LogP contribution in [0.4, 0.5) is 14.5 Å². The molecule has 0 bridgehead atoms. The van der Waals surface area contributed by atoms with E-state index in [1.165, 1.54) is 79.6 Å². The number of ether oxygens (including phenoxy) is 1. The number of methoxy groups -OCH3 is 1. The Bertz CT molecular complexity index is 1380. The van der Waals surface area contributed by atoms with Crippen molar-refractivity contribution in [2.24, 2.45) is 0 Å². The van der Waals surface area contributed by atoms with Crippen LogP contribution in [0.2, 0.25) is 0 Å². The number of carbonyl (C=O) groups is 2. The SMILES string of the molecule is COc1ccc(S(=O)(=O)N(CC(=O)N(Cc2ccc(F)cc2)[C@@H](C)C(=O)NC(C)C)c2ccc(F)cc2)cc1. The summed E-state index contributed by atoms with van der Waals surface area (Å²) in [5.41, 5.74) is 0.599. The summed E-state index contributed by atoms with van der Waals surface area (Å²) in [7, 11) is -2.86. The van der Waals surface area contributed by atoms with E-state index in [9.17, 15) is 26.8 Å². The van der Waals surface area contributed by atoms with Gasteiger partial charge in [-0.25, -0.2) is 17.2 Å². The zero-order valence-corrected chi connectivity index (χ0v) is 22.9. The van der Waals surface area contributed by atoms with Gasteiger partial charge in [-0.1, -0.05) is 12.1 Å². The molecule has 0 aliphatic carbocycles. The Hall–Kier alpha value is -3.99. The van der Waals surface area contributed by atoms with Crippen LogP contribution in [0.25, 0.3) is 0 Å². The minimum atomic E-state index is -4.31. The molecule has 208 valence electrons. The number of sulfonamides is 1. The van der Waals surface area contributed by atoms with E-state index in [-0.39, 0.29) is 23.2 Å². The van der Waals surface area contributed by atoms with Gasteiger partial charge < -0.3 is 15.0 Å². The van der Waals surface area contributed by atoms with Crippen LogP contribution in [-0.4, -0.2) is 50.9 Å². The third-order valence-corrected chi connectivity index (χ3v) is 7.69. The first-order valence-corrected chi connectivity index (χ1v) is 13.6. The highest BCUT2D eigenvalue weighted by Gasteiger charge is 2.32. The van der Waals surface area contributed by atoms with Crippen molar-refractivity contribution in [2.75, 3.05) is 18.0 Å². The number of benzene rings is 3. The van der Waals surface area contributed by atoms with Gasteiger partial charge in [0.1, 0.15) is 30.0 Å². The third-order valence-electron chi connectivity index (χ3n) is 5.91. The topological polar surface area (TPSA) is 96.0 Å². The number of nitrogens with one attached hydrogen (secondary N) is 1. The molecule has 3 rings (SSSR count). The van der Waals surface area contributed by atoms with E-state index in [4.69, 9.17) is 4.74 Å². The molecule has 0 radical (unpaired) electrons. The molecule has 11 heteroatoms. The lowest BCUT2D eigenvalue weighted by atomic mass is 10.1. The van der Waals surface area contributed by atoms with Crippen molar-refractivity contribution in [3.8, 4) is 5.75 Å². The van der Waals surface area contributed by atoms with Gasteiger partial charge in [0.05, 0.1) is 17.7 Å². The number of nitrogens with zero attached hydrogens (tertiary/aromatic N) is 2. The first-order chi connectivity index (χ1) is 18.4. The number of hydrogen-bond donors (Lipinski definition) is 1.